The Morgan fingerprint density at radius 1 is 0.449 bits per heavy atom. The summed E-state index contributed by atoms with van der Waals surface area (Å²) in [6, 6.07) is -0.523. The van der Waals surface area contributed by atoms with E-state index in [9.17, 15) is 0 Å². The second-order valence-corrected chi connectivity index (χ2v) is 16.6. The van der Waals surface area contributed by atoms with Crippen LogP contribution in [0.25, 0.3) is 0 Å². The number of nitrogens with two attached hydrogens (primary N) is 11. The summed E-state index contributed by atoms with van der Waals surface area (Å²) < 4.78 is 4.76. The van der Waals surface area contributed by atoms with E-state index in [1.54, 1.807) is 27.7 Å². The minimum Gasteiger partial charge on any atom is -0.396 e. The molecule has 0 spiro atoms. The Morgan fingerprint density at radius 2 is 0.826 bits per heavy atom. The van der Waals surface area contributed by atoms with Crippen molar-refractivity contribution in [2.24, 2.45) is 68.5 Å². The first-order valence-corrected chi connectivity index (χ1v) is 23.3. The van der Waals surface area contributed by atoms with Gasteiger partial charge < -0.3 is 139 Å². The lowest BCUT2D eigenvalue weighted by atomic mass is 9.96. The van der Waals surface area contributed by atoms with Gasteiger partial charge in [-0.2, -0.15) is 0 Å². The monoisotopic (exact) mass is 1030 g/mol. The topological polar surface area (TPSA) is 579 Å². The highest BCUT2D eigenvalue weighted by atomic mass is 16.5. The third-order valence-corrected chi connectivity index (χ3v) is 6.82. The van der Waals surface area contributed by atoms with Gasteiger partial charge in [0.15, 0.2) is 0 Å². The maximum Gasteiger partial charge on any atom is 0.0892 e. The van der Waals surface area contributed by atoms with E-state index in [0.717, 1.165) is 51.5 Å². The normalized spacial score (nSPS) is 11.9. The van der Waals surface area contributed by atoms with Gasteiger partial charge in [0.2, 0.25) is 0 Å². The van der Waals surface area contributed by atoms with Crippen LogP contribution in [0.2, 0.25) is 0 Å². The maximum absolute atomic E-state index is 8.54. The van der Waals surface area contributed by atoms with Gasteiger partial charge in [0.05, 0.1) is 96.5 Å². The van der Waals surface area contributed by atoms with Crippen LogP contribution in [-0.2, 0) is 4.74 Å². The SMILES string of the molecule is CC(C)(CN)CO.CC(C)(N)CO.CC(N)(CO)CO.CCC(N)CO.CCC(O)CN.C[C@H](N)CO.NC(CO)CO.NCC(O)CO.NCCCCCO.NCCCCO.NCCOCCO. The lowest BCUT2D eigenvalue weighted by molar-refractivity contribution is 0.0976. The van der Waals surface area contributed by atoms with Crippen molar-refractivity contribution in [2.75, 3.05) is 132 Å². The molecule has 0 aliphatic carbocycles. The zero-order chi connectivity index (χ0) is 57.2. The second-order valence-electron chi connectivity index (χ2n) is 16.6. The number of rotatable bonds is 25. The summed E-state index contributed by atoms with van der Waals surface area (Å²) >= 11 is 0. The molecule has 0 saturated carbocycles. The molecule has 0 fully saturated rings. The van der Waals surface area contributed by atoms with Crippen molar-refractivity contribution >= 4 is 0 Å². The molecule has 0 aromatic heterocycles. The highest BCUT2D eigenvalue weighted by molar-refractivity contribution is 4.74. The predicted octanol–water partition coefficient (Wildman–Crippen LogP) is -7.50. The Labute approximate surface area is 417 Å². The molecule has 0 radical (unpaired) electrons. The van der Waals surface area contributed by atoms with E-state index >= 15 is 0 Å². The van der Waals surface area contributed by atoms with Crippen molar-refractivity contribution in [3.05, 3.63) is 0 Å². The van der Waals surface area contributed by atoms with Crippen LogP contribution in [0.5, 0.6) is 0 Å². The molecule has 0 rings (SSSR count). The van der Waals surface area contributed by atoms with Gasteiger partial charge in [0.1, 0.15) is 0 Å². The molecule has 436 valence electrons. The highest BCUT2D eigenvalue weighted by Gasteiger charge is 2.13. The molecular weight excluding hydrogens is 911 g/mol. The van der Waals surface area contributed by atoms with E-state index in [1.807, 2.05) is 27.7 Å². The first-order chi connectivity index (χ1) is 32.0. The molecule has 26 nitrogen and oxygen atoms in total. The molecule has 0 amide bonds. The van der Waals surface area contributed by atoms with Crippen LogP contribution in [0.1, 0.15) is 100 Å². The molecule has 0 bridgehead atoms. The standard InChI is InChI=1S/2C5H13NO.2C4H11NO2.4C4H11NO.2C3H9NO2.C3H9NO/c1-5(2,3-6)4-7;6-4-2-1-3-5-7;1-4(5,2-6)3-7;5-1-3-7-4-2-6;1-4(2,5)3-6;1-2-4(5)3-6;1-2-4(6)3-5;5-3-1-2-4-6;4-3(1-5)2-6;4-1-3(6)2-5;1-3(4)2-5/h7H,3-4,6H2,1-2H3;7H,1-6H2;6-7H,2-3,5H2,1H3;6H,1-5H2;6H,3,5H2,1-2H3;2*4,6H,2-3,5H2,1H3;6H,1-5H2;2*3,5-6H,1-2,4H2;3,5H,2,4H2,1H3/t;;;;;;;;;;3-/m..........0/s1. The largest absolute Gasteiger partial charge is 0.396 e. The zero-order valence-electron chi connectivity index (χ0n) is 44.5. The molecule has 0 aliphatic heterocycles. The highest BCUT2D eigenvalue weighted by Crippen LogP contribution is 2.08. The molecule has 4 atom stereocenters. The smallest absolute Gasteiger partial charge is 0.0892 e. The van der Waals surface area contributed by atoms with Gasteiger partial charge in [0.25, 0.3) is 0 Å². The number of hydrogen-bond acceptors (Lipinski definition) is 26. The molecule has 0 aliphatic rings. The fourth-order valence-electron chi connectivity index (χ4n) is 1.48. The molecule has 0 aromatic carbocycles. The fraction of sp³-hybridized carbons (Fsp3) is 1.00. The maximum atomic E-state index is 8.54. The van der Waals surface area contributed by atoms with Crippen molar-refractivity contribution in [1.82, 2.24) is 0 Å². The van der Waals surface area contributed by atoms with E-state index in [2.05, 4.69) is 0 Å². The van der Waals surface area contributed by atoms with E-state index < -0.39 is 23.2 Å². The Hall–Kier alpha value is -1.04. The van der Waals surface area contributed by atoms with E-state index in [4.69, 9.17) is 139 Å². The summed E-state index contributed by atoms with van der Waals surface area (Å²) in [4.78, 5) is 0. The summed E-state index contributed by atoms with van der Waals surface area (Å²) in [6.07, 6.45) is 5.39. The van der Waals surface area contributed by atoms with Gasteiger partial charge in [-0.15, -0.1) is 0 Å². The van der Waals surface area contributed by atoms with Crippen LogP contribution in [-0.4, -0.2) is 245 Å². The van der Waals surface area contributed by atoms with Gasteiger partial charge >= 0.3 is 0 Å². The number of unbranched alkanes of at least 4 members (excludes halogenated alkanes) is 3. The third-order valence-electron chi connectivity index (χ3n) is 6.82. The van der Waals surface area contributed by atoms with Crippen molar-refractivity contribution in [3.63, 3.8) is 0 Å². The van der Waals surface area contributed by atoms with E-state index in [0.29, 0.717) is 46.0 Å². The van der Waals surface area contributed by atoms with Crippen molar-refractivity contribution in [1.29, 1.82) is 0 Å². The Kier molecular flexibility index (Phi) is 110. The fourth-order valence-corrected chi connectivity index (χ4v) is 1.48. The lowest BCUT2D eigenvalue weighted by Crippen LogP contribution is -2.43. The summed E-state index contributed by atoms with van der Waals surface area (Å²) in [5.74, 6) is 0. The van der Waals surface area contributed by atoms with Crippen LogP contribution >= 0.6 is 0 Å². The summed E-state index contributed by atoms with van der Waals surface area (Å²) in [5, 5.41) is 115. The van der Waals surface area contributed by atoms with Gasteiger partial charge in [-0.1, -0.05) is 27.7 Å². The molecular formula is C43H119N11O15. The summed E-state index contributed by atoms with van der Waals surface area (Å²) in [7, 11) is 0. The van der Waals surface area contributed by atoms with E-state index in [1.165, 1.54) is 0 Å². The van der Waals surface area contributed by atoms with Gasteiger partial charge in [-0.3, -0.25) is 0 Å². The average molecular weight is 1030 g/mol. The first kappa shape index (κ1) is 93.9. The first-order valence-electron chi connectivity index (χ1n) is 23.3. The number of aliphatic hydroxyl groups is 14. The quantitative estimate of drug-likeness (QED) is 0.0378. The third kappa shape index (κ3) is 153. The van der Waals surface area contributed by atoms with E-state index in [-0.39, 0.29) is 103 Å². The Balaban J connectivity index is -0.0000000597. The van der Waals surface area contributed by atoms with Crippen molar-refractivity contribution in [2.45, 2.75) is 142 Å². The van der Waals surface area contributed by atoms with Gasteiger partial charge in [-0.05, 0) is 92.3 Å². The predicted molar refractivity (Wildman–Crippen MR) is 280 cm³/mol. The lowest BCUT2D eigenvalue weighted by Gasteiger charge is -2.17. The number of hydrogen-bond donors (Lipinski definition) is 25. The molecule has 36 N–H and O–H groups in total. The number of aliphatic hydroxyl groups excluding tert-OH is 14. The average Bonchev–Trinajstić information content (AvgIpc) is 3.36. The van der Waals surface area contributed by atoms with Gasteiger partial charge in [-0.25, -0.2) is 0 Å². The van der Waals surface area contributed by atoms with Crippen LogP contribution in [0.4, 0.5) is 0 Å². The van der Waals surface area contributed by atoms with Crippen LogP contribution in [0, 0.1) is 5.41 Å². The second kappa shape index (κ2) is 81.0. The van der Waals surface area contributed by atoms with Crippen LogP contribution in [0.3, 0.4) is 0 Å². The summed E-state index contributed by atoms with van der Waals surface area (Å²) in [6.45, 7) is 18.7. The molecule has 0 heterocycles. The number of ether oxygens (including phenoxy) is 1. The minimum atomic E-state index is -0.806. The van der Waals surface area contributed by atoms with Crippen molar-refractivity contribution in [3.8, 4) is 0 Å². The zero-order valence-corrected chi connectivity index (χ0v) is 44.5. The summed E-state index contributed by atoms with van der Waals surface area (Å²) in [5.41, 5.74) is 55.0. The molecule has 3 unspecified atom stereocenters. The minimum absolute atomic E-state index is 0.00926. The molecule has 0 saturated heterocycles. The van der Waals surface area contributed by atoms with Crippen LogP contribution in [0.15, 0.2) is 0 Å². The van der Waals surface area contributed by atoms with Crippen LogP contribution < -0.4 is 63.1 Å². The molecule has 0 aromatic rings. The van der Waals surface area contributed by atoms with Gasteiger partial charge in [0, 0.05) is 62.5 Å². The van der Waals surface area contributed by atoms with Crippen molar-refractivity contribution < 1.29 is 76.2 Å². The Morgan fingerprint density at radius 3 is 0.928 bits per heavy atom. The molecule has 69 heavy (non-hydrogen) atoms. The molecule has 26 heteroatoms. The Bertz CT molecular complexity index is 690.